The Balaban J connectivity index is 2.14. The monoisotopic (exact) mass is 294 g/mol. The minimum absolute atomic E-state index is 0.291. The first-order chi connectivity index (χ1) is 8.20. The summed E-state index contributed by atoms with van der Waals surface area (Å²) in [7, 11) is 0. The van der Waals surface area contributed by atoms with Crippen molar-refractivity contribution < 1.29 is 9.21 Å². The third kappa shape index (κ3) is 2.74. The van der Waals surface area contributed by atoms with Crippen LogP contribution in [0.15, 0.2) is 39.4 Å². The zero-order valence-electron chi connectivity index (χ0n) is 9.24. The fraction of sp³-hybridized carbons (Fsp3) is 0.167. The van der Waals surface area contributed by atoms with E-state index in [2.05, 4.69) is 26.2 Å². The number of carbonyl (C=O) groups excluding carboxylic acids is 1. The number of pyridine rings is 1. The molecule has 2 aromatic heterocycles. The molecule has 0 fully saturated rings. The van der Waals surface area contributed by atoms with E-state index in [9.17, 15) is 4.79 Å². The summed E-state index contributed by atoms with van der Waals surface area (Å²) >= 11 is 3.31. The number of anilines is 1. The van der Waals surface area contributed by atoms with Crippen LogP contribution in [0.5, 0.6) is 0 Å². The highest BCUT2D eigenvalue weighted by Crippen LogP contribution is 2.19. The molecule has 0 spiro atoms. The molecule has 0 atom stereocenters. The van der Waals surface area contributed by atoms with Crippen LogP contribution in [0.1, 0.15) is 23.2 Å². The van der Waals surface area contributed by atoms with Crippen LogP contribution in [0, 0.1) is 0 Å². The van der Waals surface area contributed by atoms with Crippen LogP contribution in [0.25, 0.3) is 0 Å². The van der Waals surface area contributed by atoms with Crippen LogP contribution < -0.4 is 5.32 Å². The lowest BCUT2D eigenvalue weighted by Crippen LogP contribution is -2.12. The van der Waals surface area contributed by atoms with Crippen LogP contribution in [0.4, 0.5) is 5.82 Å². The van der Waals surface area contributed by atoms with Crippen molar-refractivity contribution in [2.75, 3.05) is 5.32 Å². The predicted octanol–water partition coefficient (Wildman–Crippen LogP) is 3.25. The average molecular weight is 295 g/mol. The molecule has 0 unspecified atom stereocenters. The summed E-state index contributed by atoms with van der Waals surface area (Å²) in [6.45, 7) is 1.97. The molecule has 88 valence electrons. The summed E-state index contributed by atoms with van der Waals surface area (Å²) in [6, 6.07) is 7.04. The van der Waals surface area contributed by atoms with Gasteiger partial charge in [0.1, 0.15) is 11.6 Å². The van der Waals surface area contributed by atoms with Gasteiger partial charge in [-0.15, -0.1) is 0 Å². The fourth-order valence-electron chi connectivity index (χ4n) is 1.34. The van der Waals surface area contributed by atoms with Crippen LogP contribution in [0.2, 0.25) is 0 Å². The smallest absolute Gasteiger partial charge is 0.292 e. The number of nitrogens with zero attached hydrogens (tertiary/aromatic N) is 1. The van der Waals surface area contributed by atoms with E-state index < -0.39 is 0 Å². The molecule has 0 radical (unpaired) electrons. The van der Waals surface area contributed by atoms with Crippen molar-refractivity contribution >= 4 is 27.7 Å². The summed E-state index contributed by atoms with van der Waals surface area (Å²) in [5.41, 5.74) is 0. The molecule has 0 saturated heterocycles. The molecule has 1 amide bonds. The Bertz CT molecular complexity index is 537. The molecule has 0 bridgehead atoms. The van der Waals surface area contributed by atoms with Gasteiger partial charge in [0.05, 0.1) is 4.47 Å². The van der Waals surface area contributed by atoms with E-state index in [1.807, 2.05) is 13.0 Å². The number of rotatable bonds is 3. The van der Waals surface area contributed by atoms with Crippen molar-refractivity contribution in [1.29, 1.82) is 0 Å². The minimum atomic E-state index is -0.302. The van der Waals surface area contributed by atoms with Crippen molar-refractivity contribution in [1.82, 2.24) is 4.98 Å². The van der Waals surface area contributed by atoms with Crippen molar-refractivity contribution in [3.63, 3.8) is 0 Å². The second-order valence-electron chi connectivity index (χ2n) is 3.41. The number of nitrogens with one attached hydrogen (secondary N) is 1. The number of halogens is 1. The highest BCUT2D eigenvalue weighted by Gasteiger charge is 2.12. The third-order valence-electron chi connectivity index (χ3n) is 2.22. The Labute approximate surface area is 107 Å². The van der Waals surface area contributed by atoms with E-state index >= 15 is 0 Å². The van der Waals surface area contributed by atoms with Gasteiger partial charge in [-0.2, -0.15) is 0 Å². The SMILES string of the molecule is CCc1ccc(C(=O)Nc2ncccc2Br)o1. The van der Waals surface area contributed by atoms with Crippen molar-refractivity contribution in [3.05, 3.63) is 46.5 Å². The lowest BCUT2D eigenvalue weighted by molar-refractivity contribution is 0.0994. The molecular formula is C12H11BrN2O2. The van der Waals surface area contributed by atoms with Gasteiger partial charge in [-0.05, 0) is 40.2 Å². The fourth-order valence-corrected chi connectivity index (χ4v) is 1.69. The Morgan fingerprint density at radius 2 is 2.29 bits per heavy atom. The van der Waals surface area contributed by atoms with Gasteiger partial charge in [-0.1, -0.05) is 6.92 Å². The molecule has 0 aliphatic rings. The molecule has 1 N–H and O–H groups in total. The predicted molar refractivity (Wildman–Crippen MR) is 68.0 cm³/mol. The first-order valence-electron chi connectivity index (χ1n) is 5.21. The van der Waals surface area contributed by atoms with Gasteiger partial charge in [0.2, 0.25) is 0 Å². The molecule has 17 heavy (non-hydrogen) atoms. The van der Waals surface area contributed by atoms with Gasteiger partial charge in [0.15, 0.2) is 5.76 Å². The van der Waals surface area contributed by atoms with E-state index in [1.165, 1.54) is 0 Å². The van der Waals surface area contributed by atoms with Crippen molar-refractivity contribution in [3.8, 4) is 0 Å². The van der Waals surface area contributed by atoms with Gasteiger partial charge in [0, 0.05) is 12.6 Å². The van der Waals surface area contributed by atoms with E-state index in [1.54, 1.807) is 24.4 Å². The Hall–Kier alpha value is -1.62. The number of furan rings is 1. The van der Waals surface area contributed by atoms with Crippen molar-refractivity contribution in [2.24, 2.45) is 0 Å². The maximum atomic E-state index is 11.8. The van der Waals surface area contributed by atoms with E-state index in [-0.39, 0.29) is 5.91 Å². The maximum absolute atomic E-state index is 11.8. The molecule has 0 aliphatic carbocycles. The molecule has 0 saturated carbocycles. The van der Waals surface area contributed by atoms with E-state index in [0.29, 0.717) is 11.6 Å². The summed E-state index contributed by atoms with van der Waals surface area (Å²) in [5.74, 6) is 1.26. The second-order valence-corrected chi connectivity index (χ2v) is 4.26. The largest absolute Gasteiger partial charge is 0.456 e. The first kappa shape index (κ1) is 11.9. The molecule has 4 nitrogen and oxygen atoms in total. The molecular weight excluding hydrogens is 284 g/mol. The number of amides is 1. The van der Waals surface area contributed by atoms with Gasteiger partial charge >= 0.3 is 0 Å². The highest BCUT2D eigenvalue weighted by atomic mass is 79.9. The Kier molecular flexibility index (Phi) is 3.58. The van der Waals surface area contributed by atoms with Crippen molar-refractivity contribution in [2.45, 2.75) is 13.3 Å². The maximum Gasteiger partial charge on any atom is 0.292 e. The minimum Gasteiger partial charge on any atom is -0.456 e. The number of hydrogen-bond donors (Lipinski definition) is 1. The van der Waals surface area contributed by atoms with Crippen LogP contribution in [0.3, 0.4) is 0 Å². The van der Waals surface area contributed by atoms with Crippen LogP contribution in [-0.4, -0.2) is 10.9 Å². The molecule has 2 rings (SSSR count). The summed E-state index contributed by atoms with van der Waals surface area (Å²) in [6.07, 6.45) is 2.38. The first-order valence-corrected chi connectivity index (χ1v) is 6.00. The molecule has 5 heteroatoms. The average Bonchev–Trinajstić information content (AvgIpc) is 2.81. The van der Waals surface area contributed by atoms with Gasteiger partial charge in [-0.3, -0.25) is 4.79 Å². The third-order valence-corrected chi connectivity index (χ3v) is 2.86. The summed E-state index contributed by atoms with van der Waals surface area (Å²) in [4.78, 5) is 15.9. The summed E-state index contributed by atoms with van der Waals surface area (Å²) in [5, 5.41) is 2.67. The number of aryl methyl sites for hydroxylation is 1. The van der Waals surface area contributed by atoms with Gasteiger partial charge in [-0.25, -0.2) is 4.98 Å². The van der Waals surface area contributed by atoms with Crippen LogP contribution in [-0.2, 0) is 6.42 Å². The Morgan fingerprint density at radius 1 is 1.47 bits per heavy atom. The number of carbonyl (C=O) groups is 1. The normalized spacial score (nSPS) is 10.2. The summed E-state index contributed by atoms with van der Waals surface area (Å²) < 4.78 is 6.08. The van der Waals surface area contributed by atoms with Gasteiger partial charge in [0.25, 0.3) is 5.91 Å². The topological polar surface area (TPSA) is 55.1 Å². The second kappa shape index (κ2) is 5.14. The molecule has 0 aromatic carbocycles. The number of hydrogen-bond acceptors (Lipinski definition) is 3. The number of aromatic nitrogens is 1. The quantitative estimate of drug-likeness (QED) is 0.945. The van der Waals surface area contributed by atoms with Crippen LogP contribution >= 0.6 is 15.9 Å². The Morgan fingerprint density at radius 3 is 2.94 bits per heavy atom. The zero-order chi connectivity index (χ0) is 12.3. The highest BCUT2D eigenvalue weighted by molar-refractivity contribution is 9.10. The van der Waals surface area contributed by atoms with E-state index in [0.717, 1.165) is 16.7 Å². The zero-order valence-corrected chi connectivity index (χ0v) is 10.8. The van der Waals surface area contributed by atoms with E-state index in [4.69, 9.17) is 4.42 Å². The lowest BCUT2D eigenvalue weighted by atomic mass is 10.3. The molecule has 0 aliphatic heterocycles. The lowest BCUT2D eigenvalue weighted by Gasteiger charge is -2.03. The standard InChI is InChI=1S/C12H11BrN2O2/c1-2-8-5-6-10(17-8)12(16)15-11-9(13)4-3-7-14-11/h3-7H,2H2,1H3,(H,14,15,16). The van der Waals surface area contributed by atoms with Gasteiger partial charge < -0.3 is 9.73 Å². The molecule has 2 heterocycles. The molecule has 2 aromatic rings.